The van der Waals surface area contributed by atoms with Gasteiger partial charge in [-0.2, -0.15) is 25.1 Å². The maximum absolute atomic E-state index is 7.00. The molecule has 0 spiro atoms. The van der Waals surface area contributed by atoms with E-state index < -0.39 is 0 Å². The lowest BCUT2D eigenvalue weighted by atomic mass is 10.2. The van der Waals surface area contributed by atoms with Crippen LogP contribution in [0.2, 0.25) is 15.7 Å². The molecule has 2 atom stereocenters. The van der Waals surface area contributed by atoms with Crippen LogP contribution in [0.15, 0.2) is 12.4 Å². The van der Waals surface area contributed by atoms with Crippen molar-refractivity contribution in [3.8, 4) is 0 Å². The van der Waals surface area contributed by atoms with Crippen LogP contribution < -0.4 is 23.0 Å². The normalized spacial score (nSPS) is 18.3. The van der Waals surface area contributed by atoms with Gasteiger partial charge in [-0.05, 0) is 61.7 Å². The molecule has 4 aromatic heterocycles. The maximum Gasteiger partial charge on any atom is 0.226 e. The Morgan fingerprint density at radius 3 is 1.75 bits per heavy atom. The highest BCUT2D eigenvalue weighted by Crippen LogP contribution is 2.29. The lowest BCUT2D eigenvalue weighted by Gasteiger charge is -2.23. The molecule has 16 nitrogen and oxygen atoms in total. The van der Waals surface area contributed by atoms with Crippen molar-refractivity contribution in [3.05, 3.63) is 28.1 Å². The number of hydrogen-bond acceptors (Lipinski definition) is 13. The molecule has 0 aromatic carbocycles. The van der Waals surface area contributed by atoms with E-state index in [1.807, 2.05) is 0 Å². The van der Waals surface area contributed by atoms with Gasteiger partial charge in [-0.3, -0.25) is 11.7 Å². The maximum atomic E-state index is 7.00. The highest BCUT2D eigenvalue weighted by atomic mass is 35.5. The summed E-state index contributed by atoms with van der Waals surface area (Å²) in [5.74, 6) is 13.9. The fourth-order valence-corrected chi connectivity index (χ4v) is 4.72. The van der Waals surface area contributed by atoms with Gasteiger partial charge in [-0.15, -0.1) is 0 Å². The third-order valence-electron chi connectivity index (χ3n) is 5.80. The van der Waals surface area contributed by atoms with Gasteiger partial charge in [0.2, 0.25) is 10.6 Å². The molecular formula is C21H33Cl3N12O4. The Hall–Kier alpha value is -2.51. The number of nitrogen functional groups attached to an aromatic ring is 1. The number of halogens is 3. The predicted molar refractivity (Wildman–Crippen MR) is 151 cm³/mol. The van der Waals surface area contributed by atoms with Crippen LogP contribution in [-0.4, -0.2) is 70.4 Å². The van der Waals surface area contributed by atoms with Crippen molar-refractivity contribution >= 4 is 62.7 Å². The summed E-state index contributed by atoms with van der Waals surface area (Å²) in [5.41, 5.74) is 3.76. The molecule has 2 fully saturated rings. The van der Waals surface area contributed by atoms with E-state index in [1.54, 1.807) is 21.8 Å². The molecule has 4 aromatic rings. The number of fused-ring (bicyclic) bond motifs is 2. The van der Waals surface area contributed by atoms with E-state index in [0.717, 1.165) is 64.2 Å². The topological polar surface area (TPSA) is 247 Å². The minimum Gasteiger partial charge on any atom is -0.412 e. The predicted octanol–water partition coefficient (Wildman–Crippen LogP) is 1.90. The molecule has 6 rings (SSSR count). The van der Waals surface area contributed by atoms with Crippen LogP contribution in [0.25, 0.3) is 22.1 Å². The number of hydrazine groups is 2. The summed E-state index contributed by atoms with van der Waals surface area (Å²) in [7, 11) is 1.00. The fraction of sp³-hybridized carbons (Fsp3) is 0.524. The highest BCUT2D eigenvalue weighted by Gasteiger charge is 2.22. The van der Waals surface area contributed by atoms with Gasteiger partial charge in [0.05, 0.1) is 23.2 Å². The molecule has 10 N–H and O–H groups in total. The highest BCUT2D eigenvalue weighted by molar-refractivity contribution is 6.35. The molecule has 0 bridgehead atoms. The summed E-state index contributed by atoms with van der Waals surface area (Å²) in [4.78, 5) is 16.2. The standard InChI is InChI=1S/C10H10Cl2N4O.C10H13ClN6O.CH4O.H4N2.H2O/c11-8-6-5-13-16(7-3-1-2-4-17-7)9(6)15-10(12)14-8;11-10-14-8(16-12)6-5-13-17(9(6)15-10)7-3-1-2-4-18-7;2*1-2;/h5,7H,1-4H2;5,7H,1-4,12H2,(H,14,15,16);2H,1H3;1-2H2;1H2. The second-order valence-corrected chi connectivity index (χ2v) is 9.10. The molecule has 6 heterocycles. The lowest BCUT2D eigenvalue weighted by Crippen LogP contribution is -2.19. The molecule has 0 amide bonds. The van der Waals surface area contributed by atoms with Gasteiger partial charge in [0, 0.05) is 20.3 Å². The number of nitrogens with one attached hydrogen (secondary N) is 1. The van der Waals surface area contributed by atoms with Gasteiger partial charge in [-0.25, -0.2) is 20.2 Å². The molecule has 2 aliphatic heterocycles. The average molecular weight is 624 g/mol. The van der Waals surface area contributed by atoms with E-state index in [0.29, 0.717) is 27.7 Å². The number of rotatable bonds is 3. The molecule has 222 valence electrons. The number of aliphatic hydroxyl groups excluding tert-OH is 1. The number of ether oxygens (including phenoxy) is 2. The summed E-state index contributed by atoms with van der Waals surface area (Å²) in [5, 5.41) is 17.6. The van der Waals surface area contributed by atoms with Gasteiger partial charge < -0.3 is 25.5 Å². The van der Waals surface area contributed by atoms with Crippen molar-refractivity contribution in [2.24, 2.45) is 17.5 Å². The van der Waals surface area contributed by atoms with E-state index in [1.165, 1.54) is 0 Å². The first-order chi connectivity index (χ1) is 19.0. The molecule has 19 heteroatoms. The van der Waals surface area contributed by atoms with E-state index in [9.17, 15) is 0 Å². The lowest BCUT2D eigenvalue weighted by molar-refractivity contribution is -0.0371. The first-order valence-corrected chi connectivity index (χ1v) is 13.1. The van der Waals surface area contributed by atoms with Crippen molar-refractivity contribution in [2.45, 2.75) is 51.0 Å². The number of aromatic nitrogens is 8. The van der Waals surface area contributed by atoms with Crippen molar-refractivity contribution in [1.82, 2.24) is 39.5 Å². The summed E-state index contributed by atoms with van der Waals surface area (Å²) < 4.78 is 14.8. The summed E-state index contributed by atoms with van der Waals surface area (Å²) >= 11 is 17.7. The molecular weight excluding hydrogens is 591 g/mol. The van der Waals surface area contributed by atoms with Crippen LogP contribution in [-0.2, 0) is 9.47 Å². The third kappa shape index (κ3) is 7.82. The number of aliphatic hydroxyl groups is 1. The minimum absolute atomic E-state index is 0. The molecule has 2 unspecified atom stereocenters. The molecule has 0 saturated carbocycles. The van der Waals surface area contributed by atoms with Crippen molar-refractivity contribution in [2.75, 3.05) is 25.7 Å². The Labute approximate surface area is 244 Å². The van der Waals surface area contributed by atoms with Crippen molar-refractivity contribution in [3.63, 3.8) is 0 Å². The second-order valence-electron chi connectivity index (χ2n) is 8.06. The molecule has 2 aliphatic rings. The Morgan fingerprint density at radius 1 is 0.800 bits per heavy atom. The monoisotopic (exact) mass is 622 g/mol. The van der Waals surface area contributed by atoms with Crippen molar-refractivity contribution in [1.29, 1.82) is 0 Å². The Bertz CT molecular complexity index is 1330. The molecule has 40 heavy (non-hydrogen) atoms. The smallest absolute Gasteiger partial charge is 0.226 e. The van der Waals surface area contributed by atoms with Gasteiger partial charge >= 0.3 is 0 Å². The first-order valence-electron chi connectivity index (χ1n) is 12.0. The molecule has 0 aliphatic carbocycles. The van der Waals surface area contributed by atoms with Gasteiger partial charge in [0.1, 0.15) is 5.15 Å². The van der Waals surface area contributed by atoms with Gasteiger partial charge in [-0.1, -0.05) is 11.6 Å². The third-order valence-corrected chi connectivity index (χ3v) is 6.43. The van der Waals surface area contributed by atoms with E-state index in [4.69, 9.17) is 55.2 Å². The Morgan fingerprint density at radius 2 is 1.27 bits per heavy atom. The number of nitrogens with zero attached hydrogens (tertiary/aromatic N) is 8. The van der Waals surface area contributed by atoms with E-state index >= 15 is 0 Å². The SMILES string of the molecule is CO.Clc1nc(Cl)c2cnn(C3CCCCO3)c2n1.NN.NNc1nc(Cl)nc2c1cnn2C1CCCCO1.O. The largest absolute Gasteiger partial charge is 0.412 e. The summed E-state index contributed by atoms with van der Waals surface area (Å²) in [6.07, 6.45) is 9.40. The van der Waals surface area contributed by atoms with Crippen LogP contribution in [0.3, 0.4) is 0 Å². The van der Waals surface area contributed by atoms with Crippen LogP contribution in [0.1, 0.15) is 51.0 Å². The van der Waals surface area contributed by atoms with Crippen LogP contribution in [0, 0.1) is 0 Å². The zero-order chi connectivity index (χ0) is 28.4. The molecule has 2 saturated heterocycles. The van der Waals surface area contributed by atoms with Gasteiger partial charge in [0.25, 0.3) is 0 Å². The zero-order valence-electron chi connectivity index (χ0n) is 21.7. The summed E-state index contributed by atoms with van der Waals surface area (Å²) in [6, 6.07) is 0. The number of nitrogens with two attached hydrogens (primary N) is 3. The number of anilines is 1. The van der Waals surface area contributed by atoms with Crippen LogP contribution in [0.4, 0.5) is 5.82 Å². The summed E-state index contributed by atoms with van der Waals surface area (Å²) in [6.45, 7) is 1.49. The second kappa shape index (κ2) is 16.7. The first kappa shape index (κ1) is 33.7. The van der Waals surface area contributed by atoms with E-state index in [2.05, 4.69) is 47.2 Å². The fourth-order valence-electron chi connectivity index (χ4n) is 4.13. The van der Waals surface area contributed by atoms with Crippen LogP contribution in [0.5, 0.6) is 0 Å². The van der Waals surface area contributed by atoms with Gasteiger partial charge in [0.15, 0.2) is 29.6 Å². The van der Waals surface area contributed by atoms with E-state index in [-0.39, 0.29) is 28.5 Å². The van der Waals surface area contributed by atoms with Crippen LogP contribution >= 0.6 is 34.8 Å². The Balaban J connectivity index is 0.000000244. The average Bonchev–Trinajstić information content (AvgIpc) is 3.61. The van der Waals surface area contributed by atoms with Crippen molar-refractivity contribution < 1.29 is 20.1 Å². The quantitative estimate of drug-likeness (QED) is 0.0947. The number of hydrogen-bond donors (Lipinski definition) is 5. The zero-order valence-corrected chi connectivity index (χ0v) is 23.9. The molecule has 0 radical (unpaired) electrons. The Kier molecular flexibility index (Phi) is 14.1. The minimum atomic E-state index is -0.0900.